The molecule has 2 N–H and O–H groups in total. The van der Waals surface area contributed by atoms with Crippen LogP contribution in [-0.4, -0.2) is 60.8 Å². The van der Waals surface area contributed by atoms with Crippen LogP contribution < -0.4 is 0 Å². The topological polar surface area (TPSA) is 144 Å². The number of hydrogen-bond donors (Lipinski definition) is 2. The van der Waals surface area contributed by atoms with Gasteiger partial charge in [-0.3, -0.25) is 9.20 Å². The Labute approximate surface area is 173 Å². The largest absolute Gasteiger partial charge is 0.477 e. The van der Waals surface area contributed by atoms with Gasteiger partial charge in [-0.2, -0.15) is 0 Å². The number of fused-ring (bicyclic) bond motifs is 2. The molecule has 1 amide bonds. The number of hydrogen-bond acceptors (Lipinski definition) is 7. The summed E-state index contributed by atoms with van der Waals surface area (Å²) < 4.78 is 1.83. The molecule has 0 aliphatic carbocycles. The van der Waals surface area contributed by atoms with Crippen LogP contribution in [0.1, 0.15) is 18.7 Å². The number of carboxylic acid groups (broad SMARTS) is 1. The van der Waals surface area contributed by atoms with Crippen molar-refractivity contribution in [2.75, 3.05) is 12.3 Å². The lowest BCUT2D eigenvalue weighted by molar-refractivity contribution is -0.163. The first-order chi connectivity index (χ1) is 13.9. The molecule has 4 atom stereocenters. The number of aliphatic carboxylic acids is 1. The van der Waals surface area contributed by atoms with Gasteiger partial charge in [0.2, 0.25) is 5.91 Å². The Morgan fingerprint density at radius 1 is 1.55 bits per heavy atom. The van der Waals surface area contributed by atoms with E-state index < -0.39 is 18.0 Å². The van der Waals surface area contributed by atoms with Crippen LogP contribution >= 0.6 is 23.1 Å². The van der Waals surface area contributed by atoms with Crippen LogP contribution in [0.15, 0.2) is 28.4 Å². The maximum Gasteiger partial charge on any atom is 0.352 e. The number of carbonyl (C=O) groups excluding carboxylic acids is 1. The Balaban J connectivity index is 1.71. The number of aliphatic hydroxyl groups excluding tert-OH is 1. The fourth-order valence-corrected chi connectivity index (χ4v) is 6.25. The Morgan fingerprint density at radius 2 is 2.31 bits per heavy atom. The van der Waals surface area contributed by atoms with E-state index in [4.69, 9.17) is 5.53 Å². The van der Waals surface area contributed by atoms with Crippen LogP contribution in [0.2, 0.25) is 0 Å². The second kappa shape index (κ2) is 7.38. The summed E-state index contributed by atoms with van der Waals surface area (Å²) in [4.78, 5) is 34.5. The molecule has 2 aliphatic rings. The van der Waals surface area contributed by atoms with Crippen LogP contribution in [0.5, 0.6) is 0 Å². The van der Waals surface area contributed by atoms with E-state index in [1.807, 2.05) is 17.5 Å². The first-order valence-electron chi connectivity index (χ1n) is 8.96. The van der Waals surface area contributed by atoms with Crippen LogP contribution in [0.25, 0.3) is 20.8 Å². The van der Waals surface area contributed by atoms with E-state index in [0.717, 1.165) is 14.7 Å². The van der Waals surface area contributed by atoms with Gasteiger partial charge in [0.25, 0.3) is 0 Å². The van der Waals surface area contributed by atoms with Crippen LogP contribution in [0.4, 0.5) is 0 Å². The molecule has 1 fully saturated rings. The lowest BCUT2D eigenvalue weighted by Gasteiger charge is -2.46. The fourth-order valence-electron chi connectivity index (χ4n) is 4.12. The lowest BCUT2D eigenvalue weighted by Crippen LogP contribution is -2.63. The highest BCUT2D eigenvalue weighted by molar-refractivity contribution is 7.99. The van der Waals surface area contributed by atoms with Gasteiger partial charge in [-0.15, -0.1) is 23.1 Å². The minimum absolute atomic E-state index is 0.000535. The van der Waals surface area contributed by atoms with Gasteiger partial charge in [0.05, 0.1) is 22.9 Å². The van der Waals surface area contributed by atoms with Crippen molar-refractivity contribution in [3.8, 4) is 0 Å². The van der Waals surface area contributed by atoms with Crippen molar-refractivity contribution >= 4 is 45.4 Å². The zero-order valence-electron chi connectivity index (χ0n) is 15.6. The molecule has 152 valence electrons. The van der Waals surface area contributed by atoms with Gasteiger partial charge >= 0.3 is 5.97 Å². The summed E-state index contributed by atoms with van der Waals surface area (Å²) in [5.41, 5.74) is 8.98. The van der Waals surface area contributed by atoms with Gasteiger partial charge < -0.3 is 15.1 Å². The van der Waals surface area contributed by atoms with Crippen molar-refractivity contribution in [2.24, 2.45) is 17.0 Å². The van der Waals surface area contributed by atoms with Gasteiger partial charge in [-0.25, -0.2) is 9.78 Å². The summed E-state index contributed by atoms with van der Waals surface area (Å²) in [6, 6.07) is -0.346. The number of amides is 1. The number of azide groups is 1. The Bertz CT molecular complexity index is 1080. The average molecular weight is 435 g/mol. The molecule has 1 saturated heterocycles. The predicted molar refractivity (Wildman–Crippen MR) is 107 cm³/mol. The van der Waals surface area contributed by atoms with E-state index in [-0.39, 0.29) is 23.6 Å². The van der Waals surface area contributed by atoms with Crippen molar-refractivity contribution in [1.82, 2.24) is 14.3 Å². The number of carboxylic acids is 1. The number of imidazole rings is 1. The number of nitrogens with zero attached hydrogens (tertiary/aromatic N) is 6. The molecule has 0 aromatic carbocycles. The van der Waals surface area contributed by atoms with Crippen molar-refractivity contribution in [1.29, 1.82) is 0 Å². The highest BCUT2D eigenvalue weighted by Crippen LogP contribution is 2.51. The highest BCUT2D eigenvalue weighted by atomic mass is 32.2. The van der Waals surface area contributed by atoms with E-state index in [2.05, 4.69) is 15.0 Å². The average Bonchev–Trinajstić information content (AvgIpc) is 3.29. The normalized spacial score (nSPS) is 24.4. The minimum Gasteiger partial charge on any atom is -0.477 e. The van der Waals surface area contributed by atoms with Gasteiger partial charge in [-0.05, 0) is 12.5 Å². The molecule has 29 heavy (non-hydrogen) atoms. The second-order valence-electron chi connectivity index (χ2n) is 6.98. The molecule has 0 unspecified atom stereocenters. The zero-order valence-corrected chi connectivity index (χ0v) is 17.2. The van der Waals surface area contributed by atoms with Gasteiger partial charge in [0.1, 0.15) is 21.9 Å². The molecule has 2 aromatic heterocycles. The van der Waals surface area contributed by atoms with Crippen LogP contribution in [0.3, 0.4) is 0 Å². The van der Waals surface area contributed by atoms with E-state index in [0.29, 0.717) is 17.9 Å². The summed E-state index contributed by atoms with van der Waals surface area (Å²) in [5.74, 6) is -1.70. The third-order valence-electron chi connectivity index (χ3n) is 5.31. The molecular formula is C17H18N6O4S2. The molecule has 0 radical (unpaired) electrons. The lowest BCUT2D eigenvalue weighted by atomic mass is 9.77. The van der Waals surface area contributed by atoms with Crippen LogP contribution in [-0.2, 0) is 9.59 Å². The maximum absolute atomic E-state index is 12.5. The summed E-state index contributed by atoms with van der Waals surface area (Å²) in [6.07, 6.45) is 2.65. The number of β-lactam (4-membered cyclic amide) rings is 1. The van der Waals surface area contributed by atoms with Crippen molar-refractivity contribution in [2.45, 2.75) is 31.0 Å². The van der Waals surface area contributed by atoms with E-state index >= 15 is 0 Å². The highest BCUT2D eigenvalue weighted by Gasteiger charge is 2.60. The number of thiazole rings is 1. The van der Waals surface area contributed by atoms with E-state index in [1.54, 1.807) is 13.3 Å². The number of carbonyl (C=O) groups is 2. The summed E-state index contributed by atoms with van der Waals surface area (Å²) in [7, 11) is 0. The van der Waals surface area contributed by atoms with Crippen molar-refractivity contribution in [3.63, 3.8) is 0 Å². The van der Waals surface area contributed by atoms with Crippen molar-refractivity contribution < 1.29 is 19.8 Å². The Kier molecular flexibility index (Phi) is 5.03. The van der Waals surface area contributed by atoms with E-state index in [1.165, 1.54) is 28.0 Å². The minimum atomic E-state index is -1.15. The SMILES string of the molecule is C[C@@H](O)[C@H]1C(=O)N2C(C(=O)O)=C(c3cn4cnc(SCCN=[N+]=[N-])c4s3)[C@H](C)[C@H]12. The third-order valence-corrected chi connectivity index (χ3v) is 7.54. The Hall–Kier alpha value is -2.53. The summed E-state index contributed by atoms with van der Waals surface area (Å²) in [6.45, 7) is 3.81. The first kappa shape index (κ1) is 19.8. The van der Waals surface area contributed by atoms with Gasteiger partial charge in [-0.1, -0.05) is 12.0 Å². The number of rotatable bonds is 7. The molecule has 10 nitrogen and oxygen atoms in total. The molecule has 0 saturated carbocycles. The van der Waals surface area contributed by atoms with Crippen LogP contribution in [0, 0.1) is 11.8 Å². The molecule has 12 heteroatoms. The second-order valence-corrected chi connectivity index (χ2v) is 9.10. The smallest absolute Gasteiger partial charge is 0.352 e. The molecule has 4 rings (SSSR count). The number of aliphatic hydroxyl groups is 1. The molecule has 0 spiro atoms. The predicted octanol–water partition coefficient (Wildman–Crippen LogP) is 2.45. The van der Waals surface area contributed by atoms with Gasteiger partial charge in [0.15, 0.2) is 0 Å². The first-order valence-corrected chi connectivity index (χ1v) is 10.8. The molecule has 4 heterocycles. The third kappa shape index (κ3) is 2.99. The standard InChI is InChI=1S/C17H18N6O4S2/c1-7-10(13(17(26)27)23-12(7)11(8(2)24)15(23)25)9-5-22-6-19-14(16(22)29-9)28-4-3-20-21-18/h5-8,11-12,24H,3-4H2,1-2H3,(H,26,27)/t7-,8+,11+,12+/m0/s1. The van der Waals surface area contributed by atoms with Crippen molar-refractivity contribution in [3.05, 3.63) is 33.5 Å². The number of thioether (sulfide) groups is 1. The zero-order chi connectivity index (χ0) is 20.9. The number of aromatic nitrogens is 2. The fraction of sp³-hybridized carbons (Fsp3) is 0.471. The van der Waals surface area contributed by atoms with Gasteiger partial charge in [0, 0.05) is 34.9 Å². The monoisotopic (exact) mass is 434 g/mol. The van der Waals surface area contributed by atoms with E-state index in [9.17, 15) is 19.8 Å². The molecule has 0 bridgehead atoms. The molecule has 2 aliphatic heterocycles. The summed E-state index contributed by atoms with van der Waals surface area (Å²) in [5, 5.41) is 24.1. The molecular weight excluding hydrogens is 416 g/mol. The molecule has 2 aromatic rings. The quantitative estimate of drug-likeness (QED) is 0.171. The Morgan fingerprint density at radius 3 is 2.97 bits per heavy atom. The summed E-state index contributed by atoms with van der Waals surface area (Å²) >= 11 is 2.88. The maximum atomic E-state index is 12.5.